The molecule has 3 heteroatoms. The van der Waals surface area contributed by atoms with E-state index < -0.39 is 0 Å². The summed E-state index contributed by atoms with van der Waals surface area (Å²) >= 11 is 0. The van der Waals surface area contributed by atoms with Crippen LogP contribution in [0.4, 0.5) is 5.69 Å². The van der Waals surface area contributed by atoms with E-state index in [0.29, 0.717) is 12.0 Å². The Bertz CT molecular complexity index is 577. The minimum atomic E-state index is 0.251. The number of phenolic OH excluding ortho intramolecular Hbond substituents is 1. The number of phenols is 1. The Balaban J connectivity index is 2.10. The number of hydrazone groups is 1. The number of para-hydroxylation sites is 2. The summed E-state index contributed by atoms with van der Waals surface area (Å²) in [6.45, 7) is 3.67. The summed E-state index contributed by atoms with van der Waals surface area (Å²) < 4.78 is 0. The first-order chi connectivity index (χ1) is 9.31. The standard InChI is InChI=1S/C16H16N2O/c1-2-7-13-8-6-9-14(16(13)19)12-17-18-15-10-4-3-5-11-15/h2-6,8-12,18-19H,1,7H2/b17-12+. The van der Waals surface area contributed by atoms with Crippen LogP contribution in [0.2, 0.25) is 0 Å². The van der Waals surface area contributed by atoms with Gasteiger partial charge in [-0.1, -0.05) is 36.4 Å². The summed E-state index contributed by atoms with van der Waals surface area (Å²) in [5.74, 6) is 0.251. The van der Waals surface area contributed by atoms with E-state index in [1.165, 1.54) is 0 Å². The molecule has 0 spiro atoms. The van der Waals surface area contributed by atoms with Crippen molar-refractivity contribution in [3.8, 4) is 5.75 Å². The van der Waals surface area contributed by atoms with Gasteiger partial charge < -0.3 is 5.11 Å². The number of anilines is 1. The topological polar surface area (TPSA) is 44.6 Å². The molecule has 0 fully saturated rings. The fourth-order valence-electron chi connectivity index (χ4n) is 1.72. The molecule has 0 saturated heterocycles. The van der Waals surface area contributed by atoms with Gasteiger partial charge in [0.1, 0.15) is 5.75 Å². The van der Waals surface area contributed by atoms with Crippen LogP contribution in [-0.2, 0) is 6.42 Å². The number of benzene rings is 2. The van der Waals surface area contributed by atoms with E-state index in [1.54, 1.807) is 12.3 Å². The van der Waals surface area contributed by atoms with Crippen LogP contribution in [0.1, 0.15) is 11.1 Å². The van der Waals surface area contributed by atoms with Gasteiger partial charge in [-0.15, -0.1) is 6.58 Å². The average Bonchev–Trinajstić information content (AvgIpc) is 2.44. The van der Waals surface area contributed by atoms with Crippen LogP contribution in [-0.4, -0.2) is 11.3 Å². The van der Waals surface area contributed by atoms with E-state index in [0.717, 1.165) is 11.3 Å². The van der Waals surface area contributed by atoms with Crippen molar-refractivity contribution in [1.29, 1.82) is 0 Å². The van der Waals surface area contributed by atoms with Gasteiger partial charge in [0.2, 0.25) is 0 Å². The lowest BCUT2D eigenvalue weighted by Crippen LogP contribution is -1.92. The van der Waals surface area contributed by atoms with Crippen molar-refractivity contribution in [3.05, 3.63) is 72.3 Å². The second kappa shape index (κ2) is 6.40. The first kappa shape index (κ1) is 12.9. The predicted octanol–water partition coefficient (Wildman–Crippen LogP) is 3.57. The third kappa shape index (κ3) is 3.45. The Morgan fingerprint density at radius 2 is 1.89 bits per heavy atom. The third-order valence-electron chi connectivity index (χ3n) is 2.69. The van der Waals surface area contributed by atoms with Gasteiger partial charge in [0.05, 0.1) is 11.9 Å². The Hall–Kier alpha value is -2.55. The zero-order chi connectivity index (χ0) is 13.5. The van der Waals surface area contributed by atoms with Crippen molar-refractivity contribution < 1.29 is 5.11 Å². The van der Waals surface area contributed by atoms with Crippen LogP contribution >= 0.6 is 0 Å². The van der Waals surface area contributed by atoms with Crippen LogP contribution in [0.5, 0.6) is 5.75 Å². The highest BCUT2D eigenvalue weighted by molar-refractivity contribution is 5.84. The van der Waals surface area contributed by atoms with Gasteiger partial charge in [-0.2, -0.15) is 5.10 Å². The van der Waals surface area contributed by atoms with Gasteiger partial charge in [0.25, 0.3) is 0 Å². The van der Waals surface area contributed by atoms with E-state index in [4.69, 9.17) is 0 Å². The highest BCUT2D eigenvalue weighted by Gasteiger charge is 2.03. The Labute approximate surface area is 112 Å². The maximum absolute atomic E-state index is 10.1. The normalized spacial score (nSPS) is 10.5. The average molecular weight is 252 g/mol. The molecular weight excluding hydrogens is 236 g/mol. The number of rotatable bonds is 5. The molecular formula is C16H16N2O. The van der Waals surface area contributed by atoms with E-state index in [-0.39, 0.29) is 5.75 Å². The monoisotopic (exact) mass is 252 g/mol. The van der Waals surface area contributed by atoms with Gasteiger partial charge in [-0.3, -0.25) is 5.43 Å². The maximum atomic E-state index is 10.1. The molecule has 2 rings (SSSR count). The van der Waals surface area contributed by atoms with E-state index in [2.05, 4.69) is 17.1 Å². The lowest BCUT2D eigenvalue weighted by Gasteiger charge is -2.04. The molecule has 0 atom stereocenters. The van der Waals surface area contributed by atoms with E-state index in [9.17, 15) is 5.11 Å². The number of aromatic hydroxyl groups is 1. The molecule has 0 heterocycles. The predicted molar refractivity (Wildman–Crippen MR) is 79.7 cm³/mol. The Kier molecular flexibility index (Phi) is 4.34. The molecule has 2 N–H and O–H groups in total. The minimum absolute atomic E-state index is 0.251. The van der Waals surface area contributed by atoms with Crippen LogP contribution in [0.3, 0.4) is 0 Å². The van der Waals surface area contributed by atoms with Crippen molar-refractivity contribution in [1.82, 2.24) is 0 Å². The van der Waals surface area contributed by atoms with Gasteiger partial charge in [-0.05, 0) is 30.2 Å². The molecule has 0 aliphatic carbocycles. The van der Waals surface area contributed by atoms with Crippen molar-refractivity contribution in [2.45, 2.75) is 6.42 Å². The molecule has 2 aromatic carbocycles. The molecule has 0 saturated carbocycles. The smallest absolute Gasteiger partial charge is 0.127 e. The number of nitrogens with one attached hydrogen (secondary N) is 1. The summed E-state index contributed by atoms with van der Waals surface area (Å²) in [5, 5.41) is 14.2. The number of nitrogens with zero attached hydrogens (tertiary/aromatic N) is 1. The lowest BCUT2D eigenvalue weighted by atomic mass is 10.1. The van der Waals surface area contributed by atoms with Crippen molar-refractivity contribution in [2.24, 2.45) is 5.10 Å². The zero-order valence-electron chi connectivity index (χ0n) is 10.6. The molecule has 0 aliphatic rings. The molecule has 2 aromatic rings. The van der Waals surface area contributed by atoms with Gasteiger partial charge in [0, 0.05) is 5.56 Å². The van der Waals surface area contributed by atoms with Gasteiger partial charge in [-0.25, -0.2) is 0 Å². The van der Waals surface area contributed by atoms with Gasteiger partial charge in [0.15, 0.2) is 0 Å². The summed E-state index contributed by atoms with van der Waals surface area (Å²) in [5.41, 5.74) is 5.34. The minimum Gasteiger partial charge on any atom is -0.507 e. The molecule has 0 aliphatic heterocycles. The molecule has 3 nitrogen and oxygen atoms in total. The highest BCUT2D eigenvalue weighted by atomic mass is 16.3. The van der Waals surface area contributed by atoms with E-state index in [1.807, 2.05) is 48.5 Å². The van der Waals surface area contributed by atoms with Gasteiger partial charge >= 0.3 is 0 Å². The van der Waals surface area contributed by atoms with Crippen LogP contribution in [0.15, 0.2) is 66.3 Å². The van der Waals surface area contributed by atoms with Crippen molar-refractivity contribution >= 4 is 11.9 Å². The third-order valence-corrected chi connectivity index (χ3v) is 2.69. The summed E-state index contributed by atoms with van der Waals surface area (Å²) in [6, 6.07) is 15.2. The van der Waals surface area contributed by atoms with Crippen LogP contribution < -0.4 is 5.43 Å². The second-order valence-corrected chi connectivity index (χ2v) is 4.08. The summed E-state index contributed by atoms with van der Waals surface area (Å²) in [4.78, 5) is 0. The van der Waals surface area contributed by atoms with Crippen molar-refractivity contribution in [3.63, 3.8) is 0 Å². The molecule has 0 aromatic heterocycles. The molecule has 19 heavy (non-hydrogen) atoms. The van der Waals surface area contributed by atoms with Crippen molar-refractivity contribution in [2.75, 3.05) is 5.43 Å². The van der Waals surface area contributed by atoms with Crippen LogP contribution in [0, 0.1) is 0 Å². The molecule has 0 bridgehead atoms. The Morgan fingerprint density at radius 3 is 2.63 bits per heavy atom. The maximum Gasteiger partial charge on any atom is 0.127 e. The quantitative estimate of drug-likeness (QED) is 0.485. The zero-order valence-corrected chi connectivity index (χ0v) is 10.6. The molecule has 0 unspecified atom stereocenters. The first-order valence-corrected chi connectivity index (χ1v) is 6.07. The lowest BCUT2D eigenvalue weighted by molar-refractivity contribution is 0.469. The number of allylic oxidation sites excluding steroid dienone is 1. The Morgan fingerprint density at radius 1 is 1.11 bits per heavy atom. The molecule has 0 radical (unpaired) electrons. The summed E-state index contributed by atoms with van der Waals surface area (Å²) in [7, 11) is 0. The van der Waals surface area contributed by atoms with E-state index >= 15 is 0 Å². The number of hydrogen-bond acceptors (Lipinski definition) is 3. The highest BCUT2D eigenvalue weighted by Crippen LogP contribution is 2.21. The second-order valence-electron chi connectivity index (χ2n) is 4.08. The summed E-state index contributed by atoms with van der Waals surface area (Å²) in [6.07, 6.45) is 4.01. The molecule has 96 valence electrons. The van der Waals surface area contributed by atoms with Crippen LogP contribution in [0.25, 0.3) is 0 Å². The largest absolute Gasteiger partial charge is 0.507 e. The first-order valence-electron chi connectivity index (χ1n) is 6.07. The SMILES string of the molecule is C=CCc1cccc(/C=N/Nc2ccccc2)c1O. The fraction of sp³-hybridized carbons (Fsp3) is 0.0625. The number of hydrogen-bond donors (Lipinski definition) is 2. The fourth-order valence-corrected chi connectivity index (χ4v) is 1.72. The molecule has 0 amide bonds.